The van der Waals surface area contributed by atoms with E-state index in [-0.39, 0.29) is 133 Å². The highest BCUT2D eigenvalue weighted by Crippen LogP contribution is 2.18. The number of aryl methyl sites for hydroxylation is 3. The molecule has 0 saturated carbocycles. The highest BCUT2D eigenvalue weighted by atomic mass is 16.6. The molecule has 0 saturated heterocycles. The molecule has 0 bridgehead atoms. The van der Waals surface area contributed by atoms with Gasteiger partial charge >= 0.3 is 53.7 Å². The Kier molecular flexibility index (Phi) is 71.8. The molecule has 0 radical (unpaired) electrons. The first-order chi connectivity index (χ1) is 57.4. The van der Waals surface area contributed by atoms with Crippen LogP contribution in [-0.2, 0) is 134 Å². The summed E-state index contributed by atoms with van der Waals surface area (Å²) in [5, 5.41) is 33.3. The third kappa shape index (κ3) is 66.3. The van der Waals surface area contributed by atoms with Gasteiger partial charge < -0.3 is 57.2 Å². The number of carbonyl (C=O) groups is 9. The molecule has 0 fully saturated rings. The fourth-order valence-corrected chi connectivity index (χ4v) is 12.3. The zero-order valence-corrected chi connectivity index (χ0v) is 73.9. The minimum Gasteiger partial charge on any atom is -0.463 e. The summed E-state index contributed by atoms with van der Waals surface area (Å²) < 4.78 is 62.7. The molecule has 30 nitrogen and oxygen atoms in total. The number of methoxy groups -OCH3 is 2. The first-order valence-electron chi connectivity index (χ1n) is 45.2. The number of esters is 9. The van der Waals surface area contributed by atoms with Crippen molar-refractivity contribution < 1.29 is 100 Å². The molecule has 118 heavy (non-hydrogen) atoms. The van der Waals surface area contributed by atoms with Crippen LogP contribution in [0.25, 0.3) is 0 Å². The number of nitrogens with zero attached hydrogens (tertiary/aromatic N) is 9. The maximum Gasteiger partial charge on any atom is 0.306 e. The van der Waals surface area contributed by atoms with Gasteiger partial charge in [-0.25, -0.2) is 14.0 Å². The van der Waals surface area contributed by atoms with Crippen molar-refractivity contribution in [3.63, 3.8) is 0 Å². The maximum atomic E-state index is 12.6. The van der Waals surface area contributed by atoms with Crippen molar-refractivity contribution in [2.24, 2.45) is 0 Å². The van der Waals surface area contributed by atoms with Crippen LogP contribution in [-0.4, -0.2) is 196 Å². The van der Waals surface area contributed by atoms with Gasteiger partial charge in [0.15, 0.2) is 18.3 Å². The molecule has 3 unspecified atom stereocenters. The van der Waals surface area contributed by atoms with E-state index in [9.17, 15) is 43.2 Å². The van der Waals surface area contributed by atoms with Crippen LogP contribution >= 0.6 is 0 Å². The Morgan fingerprint density at radius 2 is 0.492 bits per heavy atom. The van der Waals surface area contributed by atoms with Crippen LogP contribution in [0.15, 0.2) is 18.6 Å². The monoisotopic (exact) mass is 1670 g/mol. The van der Waals surface area contributed by atoms with Gasteiger partial charge in [0.2, 0.25) is 0 Å². The summed E-state index contributed by atoms with van der Waals surface area (Å²) in [6.45, 7) is 14.5. The largest absolute Gasteiger partial charge is 0.463 e. The lowest BCUT2D eigenvalue weighted by molar-refractivity contribution is -0.160. The second kappa shape index (κ2) is 78.1. The van der Waals surface area contributed by atoms with E-state index in [2.05, 4.69) is 72.5 Å². The van der Waals surface area contributed by atoms with Crippen molar-refractivity contribution >= 4 is 53.7 Å². The summed E-state index contributed by atoms with van der Waals surface area (Å²) >= 11 is 0. The molecule has 0 spiro atoms. The van der Waals surface area contributed by atoms with Crippen LogP contribution < -0.4 is 0 Å². The maximum absolute atomic E-state index is 12.6. The molecule has 3 rings (SSSR count). The van der Waals surface area contributed by atoms with Crippen LogP contribution in [0, 0.1) is 0 Å². The van der Waals surface area contributed by atoms with E-state index in [4.69, 9.17) is 57.2 Å². The fraction of sp³-hybridized carbons (Fsp3) is 0.830. The van der Waals surface area contributed by atoms with Crippen LogP contribution in [0.3, 0.4) is 0 Å². The summed E-state index contributed by atoms with van der Waals surface area (Å²) in [5.41, 5.74) is 1.83. The molecule has 0 aliphatic rings. The summed E-state index contributed by atoms with van der Waals surface area (Å²) in [5.74, 6) is -2.87. The van der Waals surface area contributed by atoms with Crippen LogP contribution in [0.5, 0.6) is 0 Å². The van der Waals surface area contributed by atoms with Gasteiger partial charge in [-0.05, 0) is 38.5 Å². The lowest BCUT2D eigenvalue weighted by atomic mass is 10.1. The van der Waals surface area contributed by atoms with E-state index in [0.29, 0.717) is 88.1 Å². The van der Waals surface area contributed by atoms with Crippen molar-refractivity contribution in [2.75, 3.05) is 73.7 Å². The Balaban J connectivity index is 0.000000886. The smallest absolute Gasteiger partial charge is 0.306 e. The van der Waals surface area contributed by atoms with Crippen molar-refractivity contribution in [1.82, 2.24) is 45.0 Å². The predicted molar refractivity (Wildman–Crippen MR) is 448 cm³/mol. The Bertz CT molecular complexity index is 2980. The minimum atomic E-state index is -0.681. The second-order valence-electron chi connectivity index (χ2n) is 30.4. The van der Waals surface area contributed by atoms with Crippen LogP contribution in [0.4, 0.5) is 0 Å². The summed E-state index contributed by atoms with van der Waals surface area (Å²) in [6, 6.07) is 0. The molecule has 3 heterocycles. The lowest BCUT2D eigenvalue weighted by Gasteiger charge is -2.18. The number of ether oxygens (including phenoxy) is 11. The number of unbranched alkanes of at least 4 members (excludes halogenated alkanes) is 32. The highest BCUT2D eigenvalue weighted by Gasteiger charge is 2.24. The van der Waals surface area contributed by atoms with Gasteiger partial charge in [-0.1, -0.05) is 263 Å². The third-order valence-electron chi connectivity index (χ3n) is 19.2. The summed E-state index contributed by atoms with van der Waals surface area (Å²) in [7, 11) is 3.09. The average molecular weight is 1680 g/mol. The van der Waals surface area contributed by atoms with Gasteiger partial charge in [-0.15, -0.1) is 15.3 Å². The second-order valence-corrected chi connectivity index (χ2v) is 30.4. The summed E-state index contributed by atoms with van der Waals surface area (Å²) in [6.07, 6.45) is 48.3. The van der Waals surface area contributed by atoms with Crippen molar-refractivity contribution in [1.29, 1.82) is 0 Å². The SMILES string of the molecule is CCCCCCCC(=O)OCC(Cn1cc(CCC(=O)OCCOC)nn1)OC(=O)CCCCCCC.CCCCCCCCCC(=O)OCC(Cn1cc(CCC(=O)OCCO)nn1)OC(=O)CCCCCCCCC.CCCCCCCCCC(=O)OCC(Cn1cc(CCC(=O)OCCOC)nn1)OC(=O)CCCCCCCCC. The van der Waals surface area contributed by atoms with E-state index in [1.165, 1.54) is 114 Å². The molecule has 678 valence electrons. The number of hydrogen-bond acceptors (Lipinski definition) is 27. The number of aliphatic hydroxyl groups excluding tert-OH is 1. The highest BCUT2D eigenvalue weighted by molar-refractivity contribution is 5.73. The molecular weight excluding hydrogens is 1520 g/mol. The number of aliphatic hydroxyl groups is 1. The molecule has 0 aliphatic carbocycles. The molecule has 0 aliphatic heterocycles. The van der Waals surface area contributed by atoms with E-state index in [1.54, 1.807) is 42.2 Å². The molecular formula is C88H155N9O21. The molecule has 3 atom stereocenters. The summed E-state index contributed by atoms with van der Waals surface area (Å²) in [4.78, 5) is 110. The molecule has 0 aromatic carbocycles. The number of carbonyl (C=O) groups excluding carboxylic acids is 9. The van der Waals surface area contributed by atoms with Crippen LogP contribution in [0.1, 0.15) is 360 Å². The normalized spacial score (nSPS) is 11.8. The van der Waals surface area contributed by atoms with Gasteiger partial charge in [0.1, 0.15) is 39.6 Å². The topological polar surface area (TPSA) is 368 Å². The number of aromatic nitrogens is 9. The van der Waals surface area contributed by atoms with Gasteiger partial charge in [0.05, 0.1) is 75.8 Å². The van der Waals surface area contributed by atoms with Gasteiger partial charge in [0.25, 0.3) is 0 Å². The predicted octanol–water partition coefficient (Wildman–Crippen LogP) is 16.2. The first kappa shape index (κ1) is 109. The molecule has 1 N–H and O–H groups in total. The Morgan fingerprint density at radius 3 is 0.720 bits per heavy atom. The van der Waals surface area contributed by atoms with E-state index >= 15 is 0 Å². The van der Waals surface area contributed by atoms with Crippen molar-refractivity contribution in [2.45, 2.75) is 401 Å². The third-order valence-corrected chi connectivity index (χ3v) is 19.2. The zero-order chi connectivity index (χ0) is 86.4. The minimum absolute atomic E-state index is 0.0287. The van der Waals surface area contributed by atoms with Gasteiger partial charge in [0, 0.05) is 90.6 Å². The van der Waals surface area contributed by atoms with Crippen LogP contribution in [0.2, 0.25) is 0 Å². The molecule has 0 amide bonds. The first-order valence-corrected chi connectivity index (χ1v) is 45.2. The molecule has 3 aromatic heterocycles. The van der Waals surface area contributed by atoms with E-state index < -0.39 is 24.3 Å². The standard InChI is InChI=1S/C31H55N3O7.C30H53N3O7.C27H47N3O7/c1-4-6-8-10-12-14-16-18-29(35)40-26-28(41-31(37)19-17-15-13-11-9-7-5-2)25-34-24-27(32-33-34)20-21-30(36)39-23-22-38-3;1-3-5-7-9-11-13-15-17-28(35)39-25-27(40-30(37)18-16-14-12-10-8-6-4-2)24-33-23-26(31-32-33)19-20-29(36)38-22-21-34;1-4-6-8-10-12-14-25(31)36-22-24(37-27(33)15-13-11-9-7-5-2)21-30-20-23(28-29-30)16-17-26(32)35-19-18-34-3/h24,28H,4-23,25-26H2,1-3H3;23,27,34H,3-22,24-25H2,1-2H3;20,24H,4-19,21-22H2,1-3H3. The van der Waals surface area contributed by atoms with Gasteiger partial charge in [-0.3, -0.25) is 43.2 Å². The number of hydrogen-bond donors (Lipinski definition) is 1. The van der Waals surface area contributed by atoms with E-state index in [0.717, 1.165) is 135 Å². The quantitative estimate of drug-likeness (QED) is 0.0311. The number of rotatable bonds is 76. The molecule has 30 heteroatoms. The Hall–Kier alpha value is -7.47. The average Bonchev–Trinajstić information content (AvgIpc) is 1.59. The lowest BCUT2D eigenvalue weighted by Crippen LogP contribution is -2.30. The van der Waals surface area contributed by atoms with Crippen molar-refractivity contribution in [3.8, 4) is 0 Å². The Morgan fingerprint density at radius 1 is 0.280 bits per heavy atom. The molecule has 3 aromatic rings. The fourth-order valence-electron chi connectivity index (χ4n) is 12.3. The van der Waals surface area contributed by atoms with Gasteiger partial charge in [-0.2, -0.15) is 0 Å². The van der Waals surface area contributed by atoms with Crippen molar-refractivity contribution in [3.05, 3.63) is 35.7 Å². The zero-order valence-electron chi connectivity index (χ0n) is 73.9. The Labute approximate surface area is 705 Å². The van der Waals surface area contributed by atoms with E-state index in [1.807, 2.05) is 0 Å².